The summed E-state index contributed by atoms with van der Waals surface area (Å²) < 4.78 is 9.48. The van der Waals surface area contributed by atoms with E-state index in [1.54, 1.807) is 0 Å². The lowest BCUT2D eigenvalue weighted by Crippen LogP contribution is -2.64. The molecule has 5 N–H and O–H groups in total. The summed E-state index contributed by atoms with van der Waals surface area (Å²) >= 11 is 0. The van der Waals surface area contributed by atoms with Crippen molar-refractivity contribution in [2.45, 2.75) is 12.5 Å². The standard InChI is InChI=1S/C10H20O8/c1-2-17-8(16)9(3-11,4-12)10(5-13,6-14)18-7-15/h11-15H,2-7H2,1H3. The first-order valence-corrected chi connectivity index (χ1v) is 5.39. The molecule has 0 saturated carbocycles. The largest absolute Gasteiger partial charge is 0.465 e. The third kappa shape index (κ3) is 2.79. The summed E-state index contributed by atoms with van der Waals surface area (Å²) in [6.07, 6.45) is 0. The van der Waals surface area contributed by atoms with Crippen LogP contribution in [0.3, 0.4) is 0 Å². The second-order valence-corrected chi connectivity index (χ2v) is 3.70. The number of carbonyl (C=O) groups excluding carboxylic acids is 1. The van der Waals surface area contributed by atoms with E-state index in [1.807, 2.05) is 0 Å². The summed E-state index contributed by atoms with van der Waals surface area (Å²) in [4.78, 5) is 11.8. The Labute approximate surface area is 104 Å². The third-order valence-electron chi connectivity index (χ3n) is 2.93. The molecule has 0 bridgehead atoms. The maximum absolute atomic E-state index is 11.8. The van der Waals surface area contributed by atoms with Crippen LogP contribution in [0.1, 0.15) is 6.92 Å². The van der Waals surface area contributed by atoms with Gasteiger partial charge in [0, 0.05) is 0 Å². The molecule has 18 heavy (non-hydrogen) atoms. The van der Waals surface area contributed by atoms with Gasteiger partial charge in [-0.15, -0.1) is 0 Å². The zero-order valence-corrected chi connectivity index (χ0v) is 10.2. The van der Waals surface area contributed by atoms with Crippen LogP contribution in [0.5, 0.6) is 0 Å². The first-order chi connectivity index (χ1) is 8.53. The molecule has 0 amide bonds. The van der Waals surface area contributed by atoms with E-state index in [0.717, 1.165) is 0 Å². The summed E-state index contributed by atoms with van der Waals surface area (Å²) in [5, 5.41) is 46.1. The normalized spacial score (nSPS) is 12.6. The fourth-order valence-electron chi connectivity index (χ4n) is 1.63. The molecule has 0 spiro atoms. The predicted octanol–water partition coefficient (Wildman–Crippen LogP) is -2.79. The zero-order valence-electron chi connectivity index (χ0n) is 10.2. The summed E-state index contributed by atoms with van der Waals surface area (Å²) in [7, 11) is 0. The van der Waals surface area contributed by atoms with Crippen molar-refractivity contribution in [2.75, 3.05) is 39.8 Å². The lowest BCUT2D eigenvalue weighted by Gasteiger charge is -2.43. The minimum Gasteiger partial charge on any atom is -0.465 e. The minimum absolute atomic E-state index is 0.0212. The highest BCUT2D eigenvalue weighted by atomic mass is 16.6. The molecule has 0 aromatic heterocycles. The number of aliphatic hydroxyl groups is 5. The van der Waals surface area contributed by atoms with Gasteiger partial charge >= 0.3 is 5.97 Å². The minimum atomic E-state index is -2.07. The molecule has 0 aromatic carbocycles. The number of carbonyl (C=O) groups is 1. The zero-order chi connectivity index (χ0) is 14.2. The van der Waals surface area contributed by atoms with E-state index in [-0.39, 0.29) is 6.61 Å². The Bertz CT molecular complexity index is 246. The quantitative estimate of drug-likeness (QED) is 0.223. The number of hydrogen-bond acceptors (Lipinski definition) is 8. The van der Waals surface area contributed by atoms with Crippen molar-refractivity contribution in [2.24, 2.45) is 5.41 Å². The van der Waals surface area contributed by atoms with Gasteiger partial charge in [0.25, 0.3) is 0 Å². The monoisotopic (exact) mass is 268 g/mol. The molecule has 0 aromatic rings. The van der Waals surface area contributed by atoms with Crippen LogP contribution in [0.2, 0.25) is 0 Å². The molecule has 0 heterocycles. The Morgan fingerprint density at radius 1 is 1.00 bits per heavy atom. The van der Waals surface area contributed by atoms with Gasteiger partial charge in [0.15, 0.2) is 0 Å². The lowest BCUT2D eigenvalue weighted by atomic mass is 9.73. The molecular weight excluding hydrogens is 248 g/mol. The molecule has 0 aliphatic heterocycles. The highest BCUT2D eigenvalue weighted by molar-refractivity contribution is 5.79. The molecule has 0 aliphatic rings. The number of aliphatic hydroxyl groups excluding tert-OH is 5. The van der Waals surface area contributed by atoms with Crippen molar-refractivity contribution < 1.29 is 39.8 Å². The van der Waals surface area contributed by atoms with Crippen LogP contribution < -0.4 is 0 Å². The van der Waals surface area contributed by atoms with Gasteiger partial charge in [-0.05, 0) is 6.92 Å². The second kappa shape index (κ2) is 7.62. The average molecular weight is 268 g/mol. The molecule has 0 atom stereocenters. The van der Waals surface area contributed by atoms with Crippen molar-refractivity contribution in [1.29, 1.82) is 0 Å². The smallest absolute Gasteiger partial charge is 0.319 e. The number of rotatable bonds is 9. The molecule has 0 radical (unpaired) electrons. The Kier molecular flexibility index (Phi) is 7.29. The first-order valence-electron chi connectivity index (χ1n) is 5.39. The molecule has 0 fully saturated rings. The molecule has 0 aliphatic carbocycles. The van der Waals surface area contributed by atoms with Gasteiger partial charge in [0.1, 0.15) is 17.8 Å². The van der Waals surface area contributed by atoms with Crippen molar-refractivity contribution >= 4 is 5.97 Å². The molecular formula is C10H20O8. The molecule has 0 unspecified atom stereocenters. The van der Waals surface area contributed by atoms with Crippen LogP contribution in [0.15, 0.2) is 0 Å². The second-order valence-electron chi connectivity index (χ2n) is 3.70. The van der Waals surface area contributed by atoms with Gasteiger partial charge in [-0.3, -0.25) is 4.79 Å². The molecule has 0 saturated heterocycles. The van der Waals surface area contributed by atoms with Gasteiger partial charge < -0.3 is 35.0 Å². The fourth-order valence-corrected chi connectivity index (χ4v) is 1.63. The Hall–Kier alpha value is -0.770. The van der Waals surface area contributed by atoms with Crippen LogP contribution >= 0.6 is 0 Å². The summed E-state index contributed by atoms with van der Waals surface area (Å²) in [6, 6.07) is 0. The van der Waals surface area contributed by atoms with Gasteiger partial charge in [0.2, 0.25) is 0 Å². The Balaban J connectivity index is 5.56. The first kappa shape index (κ1) is 17.2. The van der Waals surface area contributed by atoms with Crippen molar-refractivity contribution in [3.8, 4) is 0 Å². The Morgan fingerprint density at radius 3 is 1.78 bits per heavy atom. The van der Waals surface area contributed by atoms with Crippen molar-refractivity contribution in [3.05, 3.63) is 0 Å². The maximum Gasteiger partial charge on any atom is 0.319 e. The predicted molar refractivity (Wildman–Crippen MR) is 58.3 cm³/mol. The Morgan fingerprint density at radius 2 is 1.50 bits per heavy atom. The topological polar surface area (TPSA) is 137 Å². The van der Waals surface area contributed by atoms with Crippen LogP contribution in [-0.4, -0.2) is 76.9 Å². The molecule has 8 heteroatoms. The third-order valence-corrected chi connectivity index (χ3v) is 2.93. The average Bonchev–Trinajstić information content (AvgIpc) is 2.39. The van der Waals surface area contributed by atoms with Gasteiger partial charge in [-0.1, -0.05) is 0 Å². The molecule has 108 valence electrons. The van der Waals surface area contributed by atoms with E-state index in [4.69, 9.17) is 14.6 Å². The van der Waals surface area contributed by atoms with Gasteiger partial charge in [-0.2, -0.15) is 0 Å². The van der Waals surface area contributed by atoms with Crippen LogP contribution in [0, 0.1) is 5.41 Å². The summed E-state index contributed by atoms with van der Waals surface area (Å²) in [5.41, 5.74) is -4.12. The summed E-state index contributed by atoms with van der Waals surface area (Å²) in [5.74, 6) is -1.04. The van der Waals surface area contributed by atoms with Gasteiger partial charge in [0.05, 0.1) is 33.0 Å². The SMILES string of the molecule is CCOC(=O)C(CO)(CO)C(CO)(CO)OCO. The summed E-state index contributed by atoms with van der Waals surface area (Å²) in [6.45, 7) is -3.07. The maximum atomic E-state index is 11.8. The lowest BCUT2D eigenvalue weighted by molar-refractivity contribution is -0.241. The van der Waals surface area contributed by atoms with Crippen LogP contribution in [-0.2, 0) is 14.3 Å². The van der Waals surface area contributed by atoms with E-state index in [9.17, 15) is 25.2 Å². The van der Waals surface area contributed by atoms with E-state index >= 15 is 0 Å². The van der Waals surface area contributed by atoms with E-state index < -0.39 is 50.2 Å². The number of hydrogen-bond donors (Lipinski definition) is 5. The van der Waals surface area contributed by atoms with Crippen LogP contribution in [0.4, 0.5) is 0 Å². The van der Waals surface area contributed by atoms with Crippen molar-refractivity contribution in [1.82, 2.24) is 0 Å². The fraction of sp³-hybridized carbons (Fsp3) is 0.900. The van der Waals surface area contributed by atoms with Crippen molar-refractivity contribution in [3.63, 3.8) is 0 Å². The molecule has 0 rings (SSSR count). The van der Waals surface area contributed by atoms with Gasteiger partial charge in [-0.25, -0.2) is 0 Å². The highest BCUT2D eigenvalue weighted by Crippen LogP contribution is 2.35. The van der Waals surface area contributed by atoms with E-state index in [1.165, 1.54) is 6.92 Å². The number of ether oxygens (including phenoxy) is 2. The van der Waals surface area contributed by atoms with E-state index in [2.05, 4.69) is 0 Å². The van der Waals surface area contributed by atoms with E-state index in [0.29, 0.717) is 0 Å². The highest BCUT2D eigenvalue weighted by Gasteiger charge is 2.58. The number of esters is 1. The molecule has 8 nitrogen and oxygen atoms in total. The van der Waals surface area contributed by atoms with Crippen LogP contribution in [0.25, 0.3) is 0 Å².